The Kier molecular flexibility index (Phi) is 2.34. The fraction of sp³-hybridized carbons (Fsp3) is 0.286. The molecule has 0 bridgehead atoms. The third-order valence-electron chi connectivity index (χ3n) is 3.38. The molecule has 4 nitrogen and oxygen atoms in total. The summed E-state index contributed by atoms with van der Waals surface area (Å²) in [6.45, 7) is 4.66. The Balaban J connectivity index is 2.35. The van der Waals surface area contributed by atoms with E-state index >= 15 is 0 Å². The van der Waals surface area contributed by atoms with Crippen LogP contribution in [-0.4, -0.2) is 16.8 Å². The summed E-state index contributed by atoms with van der Waals surface area (Å²) in [6, 6.07) is 6.26. The van der Waals surface area contributed by atoms with Crippen molar-refractivity contribution in [1.82, 2.24) is 10.2 Å². The number of nitriles is 1. The van der Waals surface area contributed by atoms with Crippen LogP contribution >= 0.6 is 0 Å². The predicted molar refractivity (Wildman–Crippen MR) is 67.4 cm³/mol. The smallest absolute Gasteiger partial charge is 0.166 e. The molecular formula is C14H13N3O. The average Bonchev–Trinajstić information content (AvgIpc) is 2.66. The maximum Gasteiger partial charge on any atom is 0.166 e. The van der Waals surface area contributed by atoms with Crippen molar-refractivity contribution >= 4 is 0 Å². The van der Waals surface area contributed by atoms with Gasteiger partial charge >= 0.3 is 0 Å². The first-order chi connectivity index (χ1) is 8.72. The van der Waals surface area contributed by atoms with Gasteiger partial charge in [0.15, 0.2) is 5.69 Å². The largest absolute Gasteiger partial charge is 0.492 e. The van der Waals surface area contributed by atoms with Crippen LogP contribution in [0.5, 0.6) is 5.75 Å². The summed E-state index contributed by atoms with van der Waals surface area (Å²) < 4.78 is 5.84. The lowest BCUT2D eigenvalue weighted by atomic mass is 9.98. The Morgan fingerprint density at radius 2 is 2.11 bits per heavy atom. The van der Waals surface area contributed by atoms with Gasteiger partial charge in [0, 0.05) is 17.5 Å². The Morgan fingerprint density at radius 1 is 1.33 bits per heavy atom. The lowest BCUT2D eigenvalue weighted by molar-refractivity contribution is 0.324. The minimum atomic E-state index is 0.474. The predicted octanol–water partition coefficient (Wildman–Crippen LogP) is 2.50. The number of fused-ring (bicyclic) bond motifs is 3. The number of rotatable bonds is 0. The van der Waals surface area contributed by atoms with Gasteiger partial charge in [0.05, 0.1) is 12.3 Å². The lowest BCUT2D eigenvalue weighted by Crippen LogP contribution is -2.01. The maximum atomic E-state index is 9.07. The molecule has 0 radical (unpaired) electrons. The van der Waals surface area contributed by atoms with Crippen molar-refractivity contribution in [3.05, 3.63) is 34.5 Å². The van der Waals surface area contributed by atoms with E-state index in [1.807, 2.05) is 13.8 Å². The highest BCUT2D eigenvalue weighted by molar-refractivity contribution is 5.76. The Labute approximate surface area is 105 Å². The van der Waals surface area contributed by atoms with E-state index in [0.29, 0.717) is 18.7 Å². The van der Waals surface area contributed by atoms with Crippen LogP contribution < -0.4 is 4.74 Å². The van der Waals surface area contributed by atoms with E-state index in [-0.39, 0.29) is 0 Å². The second kappa shape index (κ2) is 3.88. The second-order valence-electron chi connectivity index (χ2n) is 4.54. The zero-order chi connectivity index (χ0) is 12.7. The Morgan fingerprint density at radius 3 is 2.89 bits per heavy atom. The van der Waals surface area contributed by atoms with Gasteiger partial charge in [0.1, 0.15) is 11.8 Å². The number of aromatic nitrogens is 2. The number of hydrogen-bond acceptors (Lipinski definition) is 3. The van der Waals surface area contributed by atoms with Crippen LogP contribution in [0.15, 0.2) is 12.1 Å². The highest BCUT2D eigenvalue weighted by Gasteiger charge is 2.23. The summed E-state index contributed by atoms with van der Waals surface area (Å²) in [5.41, 5.74) is 5.65. The molecule has 0 spiro atoms. The number of nitrogens with one attached hydrogen (secondary N) is 1. The van der Waals surface area contributed by atoms with Crippen LogP contribution in [0.1, 0.15) is 22.4 Å². The molecule has 2 heterocycles. The van der Waals surface area contributed by atoms with Gasteiger partial charge in [-0.3, -0.25) is 5.10 Å². The molecule has 4 heteroatoms. The van der Waals surface area contributed by atoms with Gasteiger partial charge in [-0.15, -0.1) is 0 Å². The Hall–Kier alpha value is -2.28. The molecular weight excluding hydrogens is 226 g/mol. The zero-order valence-electron chi connectivity index (χ0n) is 10.4. The van der Waals surface area contributed by atoms with E-state index in [2.05, 4.69) is 28.4 Å². The van der Waals surface area contributed by atoms with Gasteiger partial charge in [0.25, 0.3) is 0 Å². The van der Waals surface area contributed by atoms with Crippen LogP contribution in [0.2, 0.25) is 0 Å². The summed E-state index contributed by atoms with van der Waals surface area (Å²) in [7, 11) is 0. The first kappa shape index (κ1) is 10.8. The third kappa shape index (κ3) is 1.41. The summed E-state index contributed by atoms with van der Waals surface area (Å²) in [4.78, 5) is 0. The van der Waals surface area contributed by atoms with E-state index in [9.17, 15) is 0 Å². The molecule has 0 fully saturated rings. The normalized spacial score (nSPS) is 12.9. The van der Waals surface area contributed by atoms with Gasteiger partial charge in [-0.25, -0.2) is 0 Å². The number of benzene rings is 1. The monoisotopic (exact) mass is 239 g/mol. The molecule has 0 saturated heterocycles. The molecule has 3 rings (SSSR count). The minimum Gasteiger partial charge on any atom is -0.492 e. The minimum absolute atomic E-state index is 0.474. The summed E-state index contributed by atoms with van der Waals surface area (Å²) in [5, 5.41) is 16.1. The highest BCUT2D eigenvalue weighted by Crippen LogP contribution is 2.39. The third-order valence-corrected chi connectivity index (χ3v) is 3.38. The van der Waals surface area contributed by atoms with Crippen LogP contribution in [-0.2, 0) is 6.42 Å². The molecule has 2 aromatic rings. The molecule has 0 atom stereocenters. The lowest BCUT2D eigenvalue weighted by Gasteiger charge is -2.12. The number of ether oxygens (including phenoxy) is 1. The molecule has 1 aliphatic heterocycles. The molecule has 1 aromatic heterocycles. The second-order valence-corrected chi connectivity index (χ2v) is 4.54. The summed E-state index contributed by atoms with van der Waals surface area (Å²) in [6.07, 6.45) is 0.711. The van der Waals surface area contributed by atoms with Crippen molar-refractivity contribution in [2.45, 2.75) is 20.3 Å². The van der Waals surface area contributed by atoms with Gasteiger partial charge < -0.3 is 4.74 Å². The number of H-pyrrole nitrogens is 1. The standard InChI is InChI=1S/C14H13N3O/c1-8-3-4-9(2)14-12(8)13-10(5-6-18-14)11(7-15)16-17-13/h3-4H,5-6H2,1-2H3,(H,16,17). The first-order valence-electron chi connectivity index (χ1n) is 5.93. The van der Waals surface area contributed by atoms with Gasteiger partial charge in [-0.05, 0) is 25.0 Å². The fourth-order valence-corrected chi connectivity index (χ4v) is 2.44. The van der Waals surface area contributed by atoms with Crippen LogP contribution in [0.4, 0.5) is 0 Å². The molecule has 1 N–H and O–H groups in total. The molecule has 1 aliphatic rings. The van der Waals surface area contributed by atoms with Crippen molar-refractivity contribution in [2.75, 3.05) is 6.61 Å². The molecule has 0 aliphatic carbocycles. The molecule has 90 valence electrons. The molecule has 0 amide bonds. The van der Waals surface area contributed by atoms with E-state index in [1.165, 1.54) is 0 Å². The average molecular weight is 239 g/mol. The zero-order valence-corrected chi connectivity index (χ0v) is 10.4. The van der Waals surface area contributed by atoms with Gasteiger partial charge in [-0.1, -0.05) is 12.1 Å². The topological polar surface area (TPSA) is 61.7 Å². The number of nitrogens with zero attached hydrogens (tertiary/aromatic N) is 2. The highest BCUT2D eigenvalue weighted by atomic mass is 16.5. The first-order valence-corrected chi connectivity index (χ1v) is 5.93. The number of aromatic amines is 1. The Bertz CT molecular complexity index is 664. The molecule has 1 aromatic carbocycles. The maximum absolute atomic E-state index is 9.07. The number of aryl methyl sites for hydroxylation is 2. The van der Waals surface area contributed by atoms with Crippen LogP contribution in [0.25, 0.3) is 11.3 Å². The number of hydrogen-bond donors (Lipinski definition) is 1. The van der Waals surface area contributed by atoms with Crippen molar-refractivity contribution in [1.29, 1.82) is 5.26 Å². The van der Waals surface area contributed by atoms with Gasteiger partial charge in [-0.2, -0.15) is 10.4 Å². The SMILES string of the molecule is Cc1ccc(C)c2c1OCCc1c(C#N)n[nH]c1-2. The van der Waals surface area contributed by atoms with E-state index in [0.717, 1.165) is 33.7 Å². The molecule has 18 heavy (non-hydrogen) atoms. The van der Waals surface area contributed by atoms with Crippen LogP contribution in [0, 0.1) is 25.2 Å². The van der Waals surface area contributed by atoms with E-state index in [4.69, 9.17) is 10.00 Å². The van der Waals surface area contributed by atoms with E-state index < -0.39 is 0 Å². The van der Waals surface area contributed by atoms with Crippen molar-refractivity contribution < 1.29 is 4.74 Å². The van der Waals surface area contributed by atoms with Crippen molar-refractivity contribution in [3.63, 3.8) is 0 Å². The fourth-order valence-electron chi connectivity index (χ4n) is 2.44. The molecule has 0 saturated carbocycles. The summed E-state index contributed by atoms with van der Waals surface area (Å²) >= 11 is 0. The van der Waals surface area contributed by atoms with Crippen LogP contribution in [0.3, 0.4) is 0 Å². The van der Waals surface area contributed by atoms with Crippen molar-refractivity contribution in [3.8, 4) is 23.1 Å². The molecule has 0 unspecified atom stereocenters. The summed E-state index contributed by atoms with van der Waals surface area (Å²) in [5.74, 6) is 0.905. The van der Waals surface area contributed by atoms with Crippen molar-refractivity contribution in [2.24, 2.45) is 0 Å². The van der Waals surface area contributed by atoms with E-state index in [1.54, 1.807) is 0 Å². The quantitative estimate of drug-likeness (QED) is 0.768. The van der Waals surface area contributed by atoms with Gasteiger partial charge in [0.2, 0.25) is 0 Å².